The van der Waals surface area contributed by atoms with Crippen LogP contribution in [0, 0.1) is 34.5 Å². The maximum absolute atomic E-state index is 13.1. The van der Waals surface area contributed by atoms with Crippen LogP contribution in [0.5, 0.6) is 0 Å². The van der Waals surface area contributed by atoms with Crippen molar-refractivity contribution in [3.05, 3.63) is 35.5 Å². The molecule has 32 heavy (non-hydrogen) atoms. The van der Waals surface area contributed by atoms with Crippen molar-refractivity contribution in [2.45, 2.75) is 91.3 Å². The van der Waals surface area contributed by atoms with E-state index in [2.05, 4.69) is 46.8 Å². The molecule has 0 aromatic rings. The van der Waals surface area contributed by atoms with E-state index in [1.807, 2.05) is 6.92 Å². The lowest BCUT2D eigenvalue weighted by atomic mass is 9.46. The molecule has 4 aliphatic rings. The number of carbonyl (C=O) groups excluding carboxylic acids is 2. The van der Waals surface area contributed by atoms with Crippen LogP contribution in [-0.2, 0) is 9.59 Å². The summed E-state index contributed by atoms with van der Waals surface area (Å²) >= 11 is 0. The Bertz CT molecular complexity index is 926. The van der Waals surface area contributed by atoms with Gasteiger partial charge in [0.1, 0.15) is 0 Å². The standard InChI is InChI=1S/C28H40O4/c1-17(2)18(3)7-8-19(4)21-10-12-27(31)24-16-23(30)22-15-20(29)9-11-25(22,5)28(24,32)14-13-26(21,27)6/h7-8,15-19,21,31-32H,9-14H2,1-6H3/t18-,19+,21+,25-,26+,27+,28+/m0/s1. The maximum Gasteiger partial charge on any atom is 0.182 e. The number of aliphatic hydroxyl groups is 2. The molecule has 0 unspecified atom stereocenters. The molecule has 0 spiro atoms. The lowest BCUT2D eigenvalue weighted by molar-refractivity contribution is -0.158. The molecule has 4 rings (SSSR count). The summed E-state index contributed by atoms with van der Waals surface area (Å²) in [6.45, 7) is 13.0. The van der Waals surface area contributed by atoms with Gasteiger partial charge < -0.3 is 10.2 Å². The van der Waals surface area contributed by atoms with Gasteiger partial charge in [-0.2, -0.15) is 0 Å². The van der Waals surface area contributed by atoms with E-state index in [0.29, 0.717) is 61.0 Å². The van der Waals surface area contributed by atoms with Crippen molar-refractivity contribution in [3.63, 3.8) is 0 Å². The maximum atomic E-state index is 13.1. The number of rotatable bonds is 4. The molecular weight excluding hydrogens is 400 g/mol. The molecule has 0 aromatic heterocycles. The second-order valence-electron chi connectivity index (χ2n) is 11.9. The number of hydrogen-bond acceptors (Lipinski definition) is 4. The zero-order chi connectivity index (χ0) is 23.7. The van der Waals surface area contributed by atoms with Crippen LogP contribution < -0.4 is 0 Å². The highest BCUT2D eigenvalue weighted by atomic mass is 16.3. The van der Waals surface area contributed by atoms with Gasteiger partial charge in [0.2, 0.25) is 0 Å². The van der Waals surface area contributed by atoms with E-state index in [9.17, 15) is 19.8 Å². The fourth-order valence-electron chi connectivity index (χ4n) is 7.27. The molecule has 0 aromatic carbocycles. The van der Waals surface area contributed by atoms with Gasteiger partial charge >= 0.3 is 0 Å². The molecule has 4 aliphatic carbocycles. The van der Waals surface area contributed by atoms with Crippen LogP contribution in [-0.4, -0.2) is 33.0 Å². The molecule has 0 aliphatic heterocycles. The average Bonchev–Trinajstić information content (AvgIpc) is 3.01. The van der Waals surface area contributed by atoms with Gasteiger partial charge in [0.05, 0.1) is 11.2 Å². The number of hydrogen-bond donors (Lipinski definition) is 2. The molecule has 0 radical (unpaired) electrons. The SMILES string of the molecule is CC(C)[C@@H](C)C=C[C@@H](C)[C@H]1CC[C@@]2(O)C3=CC(=O)C4=CC(=O)CC[C@]4(C)[C@@]3(O)CC[C@]12C. The van der Waals surface area contributed by atoms with Crippen molar-refractivity contribution in [1.82, 2.24) is 0 Å². The minimum absolute atomic E-state index is 0.0530. The molecule has 4 nitrogen and oxygen atoms in total. The summed E-state index contributed by atoms with van der Waals surface area (Å²) in [6.07, 6.45) is 10.9. The first-order chi connectivity index (χ1) is 14.8. The first kappa shape index (κ1) is 23.6. The van der Waals surface area contributed by atoms with Gasteiger partial charge in [-0.25, -0.2) is 0 Å². The molecule has 2 N–H and O–H groups in total. The van der Waals surface area contributed by atoms with Crippen molar-refractivity contribution in [2.24, 2.45) is 34.5 Å². The van der Waals surface area contributed by atoms with Crippen LogP contribution in [0.2, 0.25) is 0 Å². The largest absolute Gasteiger partial charge is 0.385 e. The number of ketones is 2. The van der Waals surface area contributed by atoms with E-state index >= 15 is 0 Å². The Hall–Kier alpha value is -1.52. The van der Waals surface area contributed by atoms with Gasteiger partial charge in [0.25, 0.3) is 0 Å². The Labute approximate surface area is 192 Å². The zero-order valence-electron chi connectivity index (χ0n) is 20.6. The van der Waals surface area contributed by atoms with Gasteiger partial charge in [-0.15, -0.1) is 0 Å². The Morgan fingerprint density at radius 3 is 2.28 bits per heavy atom. The van der Waals surface area contributed by atoms with Crippen molar-refractivity contribution in [1.29, 1.82) is 0 Å². The highest BCUT2D eigenvalue weighted by Crippen LogP contribution is 2.68. The third-order valence-corrected chi connectivity index (χ3v) is 10.1. The lowest BCUT2D eigenvalue weighted by Gasteiger charge is -2.61. The summed E-state index contributed by atoms with van der Waals surface area (Å²) in [5, 5.41) is 24.3. The smallest absolute Gasteiger partial charge is 0.182 e. The molecule has 0 heterocycles. The Morgan fingerprint density at radius 1 is 0.938 bits per heavy atom. The summed E-state index contributed by atoms with van der Waals surface area (Å²) in [7, 11) is 0. The van der Waals surface area contributed by atoms with Gasteiger partial charge in [-0.3, -0.25) is 9.59 Å². The second kappa shape index (κ2) is 7.50. The molecule has 0 bridgehead atoms. The topological polar surface area (TPSA) is 74.6 Å². The quantitative estimate of drug-likeness (QED) is 0.607. The summed E-state index contributed by atoms with van der Waals surface area (Å²) in [4.78, 5) is 25.2. The van der Waals surface area contributed by atoms with Crippen molar-refractivity contribution >= 4 is 11.6 Å². The molecule has 7 atom stereocenters. The third kappa shape index (κ3) is 3.01. The van der Waals surface area contributed by atoms with E-state index in [0.717, 1.165) is 6.42 Å². The van der Waals surface area contributed by atoms with E-state index in [1.54, 1.807) is 0 Å². The van der Waals surface area contributed by atoms with Gasteiger partial charge in [0.15, 0.2) is 11.6 Å². The normalized spacial score (nSPS) is 43.5. The van der Waals surface area contributed by atoms with Crippen LogP contribution in [0.25, 0.3) is 0 Å². The van der Waals surface area contributed by atoms with Gasteiger partial charge in [-0.05, 0) is 73.5 Å². The average molecular weight is 441 g/mol. The van der Waals surface area contributed by atoms with E-state index in [-0.39, 0.29) is 17.5 Å². The van der Waals surface area contributed by atoms with Crippen LogP contribution in [0.3, 0.4) is 0 Å². The number of carbonyl (C=O) groups is 2. The molecule has 176 valence electrons. The molecule has 4 heteroatoms. The highest BCUT2D eigenvalue weighted by molar-refractivity contribution is 6.12. The minimum atomic E-state index is -1.29. The first-order valence-corrected chi connectivity index (χ1v) is 12.5. The fourth-order valence-corrected chi connectivity index (χ4v) is 7.27. The molecule has 2 fully saturated rings. The molecule has 0 amide bonds. The third-order valence-electron chi connectivity index (χ3n) is 10.1. The van der Waals surface area contributed by atoms with Crippen molar-refractivity contribution < 1.29 is 19.8 Å². The first-order valence-electron chi connectivity index (χ1n) is 12.5. The van der Waals surface area contributed by atoms with Gasteiger partial charge in [0, 0.05) is 22.8 Å². The van der Waals surface area contributed by atoms with Gasteiger partial charge in [-0.1, -0.05) is 53.7 Å². The van der Waals surface area contributed by atoms with Crippen molar-refractivity contribution in [2.75, 3.05) is 0 Å². The van der Waals surface area contributed by atoms with E-state index in [1.165, 1.54) is 12.2 Å². The van der Waals surface area contributed by atoms with Crippen LogP contribution >= 0.6 is 0 Å². The number of allylic oxidation sites excluding steroid dienone is 4. The number of fused-ring (bicyclic) bond motifs is 5. The highest BCUT2D eigenvalue weighted by Gasteiger charge is 2.70. The summed E-state index contributed by atoms with van der Waals surface area (Å²) in [6, 6.07) is 0. The minimum Gasteiger partial charge on any atom is -0.385 e. The van der Waals surface area contributed by atoms with Crippen molar-refractivity contribution in [3.8, 4) is 0 Å². The molecule has 0 saturated heterocycles. The van der Waals surface area contributed by atoms with Crippen LogP contribution in [0.1, 0.15) is 80.1 Å². The molecule has 2 saturated carbocycles. The van der Waals surface area contributed by atoms with E-state index < -0.39 is 22.0 Å². The van der Waals surface area contributed by atoms with Crippen LogP contribution in [0.4, 0.5) is 0 Å². The van der Waals surface area contributed by atoms with E-state index in [4.69, 9.17) is 0 Å². The fraction of sp³-hybridized carbons (Fsp3) is 0.714. The lowest BCUT2D eigenvalue weighted by Crippen LogP contribution is -2.66. The van der Waals surface area contributed by atoms with Crippen LogP contribution in [0.15, 0.2) is 35.5 Å². The predicted octanol–water partition coefficient (Wildman–Crippen LogP) is 4.95. The monoisotopic (exact) mass is 440 g/mol. The second-order valence-corrected chi connectivity index (χ2v) is 11.9. The summed E-state index contributed by atoms with van der Waals surface area (Å²) in [5.41, 5.74) is -2.80. The summed E-state index contributed by atoms with van der Waals surface area (Å²) < 4.78 is 0. The zero-order valence-corrected chi connectivity index (χ0v) is 20.6. The Morgan fingerprint density at radius 2 is 1.62 bits per heavy atom. The predicted molar refractivity (Wildman–Crippen MR) is 126 cm³/mol. The Balaban J connectivity index is 1.73. The Kier molecular flexibility index (Phi) is 5.54. The molecular formula is C28H40O4. The summed E-state index contributed by atoms with van der Waals surface area (Å²) in [5.74, 6) is 1.40.